The molecule has 0 aromatic carbocycles. The summed E-state index contributed by atoms with van der Waals surface area (Å²) in [6, 6.07) is 0. The van der Waals surface area contributed by atoms with E-state index in [9.17, 15) is 49.8 Å². The first kappa shape index (κ1) is 51.5. The molecule has 8 aliphatic rings. The highest BCUT2D eigenvalue weighted by atomic mass is 16.4. The molecule has 14 nitrogen and oxygen atoms in total. The molecule has 14 heteroatoms. The van der Waals surface area contributed by atoms with Gasteiger partial charge in [0.15, 0.2) is 0 Å². The minimum atomic E-state index is -1.04. The Morgan fingerprint density at radius 3 is 1.23 bits per heavy atom. The van der Waals surface area contributed by atoms with E-state index in [1.54, 1.807) is 0 Å². The number of carbonyl (C=O) groups excluding carboxylic acids is 2. The van der Waals surface area contributed by atoms with Gasteiger partial charge in [-0.3, -0.25) is 19.2 Å². The van der Waals surface area contributed by atoms with Crippen LogP contribution in [-0.4, -0.2) is 114 Å². The van der Waals surface area contributed by atoms with Crippen LogP contribution in [0.1, 0.15) is 157 Å². The third-order valence-electron chi connectivity index (χ3n) is 21.6. The SMILES string of the molecule is C[C@H](CCC(=O)NCC(=O)O)[C@H]1CC[C@H]2[C@@H]3[C@H](O)C[C@@H]4C[C@H](O)CC[C@]4(C)[C@H]3C[C@H](O)[C@]12C.C[C@H](CCC(=O)NCC(=O)O)[C@H]1CC[C@H]2[C@@H]3[C@H](O)C[C@@H]4C[C@H](O)CC[C@]4(C)[C@H]3C[C@H](O)[C@]12C. The maximum absolute atomic E-state index is 12.0. The van der Waals surface area contributed by atoms with E-state index >= 15 is 0 Å². The van der Waals surface area contributed by atoms with Gasteiger partial charge in [0.2, 0.25) is 11.8 Å². The molecule has 8 saturated carbocycles. The molecule has 0 aromatic heterocycles. The summed E-state index contributed by atoms with van der Waals surface area (Å²) in [6.45, 7) is 12.7. The van der Waals surface area contributed by atoms with Crippen LogP contribution < -0.4 is 10.6 Å². The molecule has 0 unspecified atom stereocenters. The zero-order valence-corrected chi connectivity index (χ0v) is 40.7. The summed E-state index contributed by atoms with van der Waals surface area (Å²) in [5.74, 6) is 0.529. The number of carboxylic acid groups (broad SMARTS) is 2. The van der Waals surface area contributed by atoms with Crippen molar-refractivity contribution < 1.29 is 60.0 Å². The lowest BCUT2D eigenvalue weighted by Gasteiger charge is -2.63. The normalized spacial score (nSPS) is 47.7. The largest absolute Gasteiger partial charge is 0.480 e. The van der Waals surface area contributed by atoms with Gasteiger partial charge < -0.3 is 51.5 Å². The number of rotatable bonds is 12. The molecule has 376 valence electrons. The Morgan fingerprint density at radius 2 is 0.879 bits per heavy atom. The molecule has 8 fully saturated rings. The number of amides is 2. The zero-order chi connectivity index (χ0) is 48.3. The average molecular weight is 931 g/mol. The monoisotopic (exact) mass is 931 g/mol. The summed E-state index contributed by atoms with van der Waals surface area (Å²) < 4.78 is 0. The quantitative estimate of drug-likeness (QED) is 0.122. The van der Waals surface area contributed by atoms with Crippen molar-refractivity contribution in [3.8, 4) is 0 Å². The van der Waals surface area contributed by atoms with Gasteiger partial charge in [-0.15, -0.1) is 0 Å². The van der Waals surface area contributed by atoms with Crippen LogP contribution in [0.25, 0.3) is 0 Å². The molecular formula is C52H86N2O12. The summed E-state index contributed by atoms with van der Waals surface area (Å²) in [4.78, 5) is 45.4. The number of fused-ring (bicyclic) bond motifs is 10. The van der Waals surface area contributed by atoms with Crippen LogP contribution >= 0.6 is 0 Å². The lowest BCUT2D eigenvalue weighted by Crippen LogP contribution is -2.62. The molecule has 10 N–H and O–H groups in total. The van der Waals surface area contributed by atoms with Crippen molar-refractivity contribution in [2.24, 2.45) is 92.7 Å². The van der Waals surface area contributed by atoms with Gasteiger partial charge in [-0.2, -0.15) is 0 Å². The molecule has 0 bridgehead atoms. The topological polar surface area (TPSA) is 254 Å². The molecular weight excluding hydrogens is 845 g/mol. The standard InChI is InChI=1S/2C26H43NO6/c2*1-14(4-7-22(31)27-13-23(32)33)17-5-6-18-24-19(12-21(30)26(17,18)3)25(2)9-8-16(28)10-15(25)11-20(24)29/h2*14-21,24,28-30H,4-13H2,1-3H3,(H,27,31)(H,32,33)/t2*14-,15+,16-,17-,18+,19+,20-,21+,24+,25+,26-/m11/s1. The van der Waals surface area contributed by atoms with Crippen LogP contribution in [0.2, 0.25) is 0 Å². The first-order valence-electron chi connectivity index (χ1n) is 26.0. The molecule has 0 radical (unpaired) electrons. The van der Waals surface area contributed by atoms with E-state index in [0.29, 0.717) is 50.4 Å². The summed E-state index contributed by atoms with van der Waals surface area (Å²) in [5.41, 5.74) is -0.429. The number of hydrogen-bond acceptors (Lipinski definition) is 10. The summed E-state index contributed by atoms with van der Waals surface area (Å²) in [7, 11) is 0. The van der Waals surface area contributed by atoms with Crippen molar-refractivity contribution in [2.45, 2.75) is 194 Å². The van der Waals surface area contributed by atoms with Crippen LogP contribution in [0.3, 0.4) is 0 Å². The number of aliphatic carboxylic acids is 2. The van der Waals surface area contributed by atoms with Gasteiger partial charge in [0.05, 0.1) is 36.6 Å². The van der Waals surface area contributed by atoms with Gasteiger partial charge in [-0.1, -0.05) is 41.5 Å². The molecule has 8 rings (SSSR count). The second-order valence-corrected chi connectivity index (χ2v) is 24.4. The third kappa shape index (κ3) is 9.36. The fourth-order valence-electron chi connectivity index (χ4n) is 17.9. The predicted octanol–water partition coefficient (Wildman–Crippen LogP) is 5.13. The molecule has 0 aromatic rings. The molecule has 22 atom stereocenters. The minimum absolute atomic E-state index is 0.0668. The van der Waals surface area contributed by atoms with Crippen molar-refractivity contribution in [2.75, 3.05) is 13.1 Å². The third-order valence-corrected chi connectivity index (χ3v) is 21.6. The maximum Gasteiger partial charge on any atom is 0.322 e. The summed E-state index contributed by atoms with van der Waals surface area (Å²) in [6.07, 6.45) is 11.7. The number of aliphatic hydroxyl groups is 6. The van der Waals surface area contributed by atoms with Crippen molar-refractivity contribution in [3.05, 3.63) is 0 Å². The first-order valence-corrected chi connectivity index (χ1v) is 26.0. The number of carbonyl (C=O) groups is 4. The van der Waals surface area contributed by atoms with Crippen molar-refractivity contribution >= 4 is 23.8 Å². The molecule has 8 aliphatic carbocycles. The fraction of sp³-hybridized carbons (Fsp3) is 0.923. The maximum atomic E-state index is 12.0. The summed E-state index contributed by atoms with van der Waals surface area (Å²) >= 11 is 0. The molecule has 0 spiro atoms. The van der Waals surface area contributed by atoms with E-state index < -0.39 is 24.1 Å². The van der Waals surface area contributed by atoms with Crippen LogP contribution in [0.15, 0.2) is 0 Å². The Balaban J connectivity index is 0.000000196. The second-order valence-electron chi connectivity index (χ2n) is 24.4. The van der Waals surface area contributed by atoms with Crippen LogP contribution in [0, 0.1) is 92.7 Å². The van der Waals surface area contributed by atoms with Gasteiger partial charge in [0.25, 0.3) is 0 Å². The smallest absolute Gasteiger partial charge is 0.322 e. The molecule has 0 aliphatic heterocycles. The molecule has 0 heterocycles. The molecule has 2 amide bonds. The summed E-state index contributed by atoms with van der Waals surface area (Å²) in [5, 5.41) is 88.7. The Morgan fingerprint density at radius 1 is 0.515 bits per heavy atom. The van der Waals surface area contributed by atoms with E-state index in [4.69, 9.17) is 10.2 Å². The first-order chi connectivity index (χ1) is 31.0. The van der Waals surface area contributed by atoms with Gasteiger partial charge >= 0.3 is 11.9 Å². The number of nitrogens with one attached hydrogen (secondary N) is 2. The van der Waals surface area contributed by atoms with Gasteiger partial charge in [0, 0.05) is 12.8 Å². The average Bonchev–Trinajstić information content (AvgIpc) is 3.81. The highest BCUT2D eigenvalue weighted by Crippen LogP contribution is 2.70. The van der Waals surface area contributed by atoms with E-state index in [2.05, 4.69) is 52.2 Å². The van der Waals surface area contributed by atoms with Crippen molar-refractivity contribution in [3.63, 3.8) is 0 Å². The van der Waals surface area contributed by atoms with Crippen molar-refractivity contribution in [1.82, 2.24) is 10.6 Å². The zero-order valence-electron chi connectivity index (χ0n) is 40.7. The van der Waals surface area contributed by atoms with E-state index in [-0.39, 0.29) is 130 Å². The number of hydrogen-bond donors (Lipinski definition) is 10. The Bertz CT molecular complexity index is 1640. The second kappa shape index (κ2) is 19.8. The lowest BCUT2D eigenvalue weighted by atomic mass is 9.43. The van der Waals surface area contributed by atoms with Crippen LogP contribution in [0.4, 0.5) is 0 Å². The van der Waals surface area contributed by atoms with Crippen LogP contribution in [0.5, 0.6) is 0 Å². The molecule has 66 heavy (non-hydrogen) atoms. The number of aliphatic hydroxyl groups excluding tert-OH is 6. The fourth-order valence-corrected chi connectivity index (χ4v) is 17.9. The van der Waals surface area contributed by atoms with E-state index in [0.717, 1.165) is 77.0 Å². The van der Waals surface area contributed by atoms with Gasteiger partial charge in [-0.25, -0.2) is 0 Å². The Kier molecular flexibility index (Phi) is 15.4. The number of carboxylic acids is 2. The van der Waals surface area contributed by atoms with Gasteiger partial charge in [-0.05, 0) is 195 Å². The Labute approximate surface area is 392 Å². The molecule has 0 saturated heterocycles. The van der Waals surface area contributed by atoms with Crippen LogP contribution in [-0.2, 0) is 19.2 Å². The minimum Gasteiger partial charge on any atom is -0.480 e. The predicted molar refractivity (Wildman–Crippen MR) is 246 cm³/mol. The highest BCUT2D eigenvalue weighted by molar-refractivity contribution is 5.81. The van der Waals surface area contributed by atoms with Crippen molar-refractivity contribution in [1.29, 1.82) is 0 Å². The van der Waals surface area contributed by atoms with E-state index in [1.807, 2.05) is 0 Å². The highest BCUT2D eigenvalue weighted by Gasteiger charge is 2.67. The Hall–Kier alpha value is -2.36. The lowest BCUT2D eigenvalue weighted by molar-refractivity contribution is -0.207. The van der Waals surface area contributed by atoms with Gasteiger partial charge in [0.1, 0.15) is 13.1 Å². The van der Waals surface area contributed by atoms with E-state index in [1.165, 1.54) is 0 Å².